The molecule has 1 saturated heterocycles. The van der Waals surface area contributed by atoms with Crippen LogP contribution in [0, 0.1) is 12.7 Å². The first-order valence-electron chi connectivity index (χ1n) is 8.80. The van der Waals surface area contributed by atoms with Crippen LogP contribution in [0.4, 0.5) is 20.6 Å². The molecule has 1 aliphatic heterocycles. The van der Waals surface area contributed by atoms with Crippen molar-refractivity contribution in [2.75, 3.05) is 31.0 Å². The molecule has 148 valence electrons. The van der Waals surface area contributed by atoms with Gasteiger partial charge in [-0.1, -0.05) is 0 Å². The number of nitrogens with one attached hydrogen (secondary N) is 2. The quantitative estimate of drug-likeness (QED) is 0.826. The second-order valence-corrected chi connectivity index (χ2v) is 6.43. The minimum Gasteiger partial charge on any atom is -0.497 e. The molecule has 2 N–H and O–H groups in total. The van der Waals surface area contributed by atoms with Crippen molar-refractivity contribution < 1.29 is 23.5 Å². The summed E-state index contributed by atoms with van der Waals surface area (Å²) in [6.45, 7) is 2.09. The molecule has 1 heterocycles. The van der Waals surface area contributed by atoms with E-state index in [0.717, 1.165) is 0 Å². The maximum Gasteiger partial charge on any atom is 0.319 e. The zero-order valence-corrected chi connectivity index (χ0v) is 15.9. The van der Waals surface area contributed by atoms with E-state index < -0.39 is 12.1 Å². The van der Waals surface area contributed by atoms with E-state index in [1.807, 2.05) is 0 Å². The van der Waals surface area contributed by atoms with Gasteiger partial charge in [-0.05, 0) is 49.2 Å². The van der Waals surface area contributed by atoms with Crippen molar-refractivity contribution in [3.8, 4) is 11.5 Å². The summed E-state index contributed by atoms with van der Waals surface area (Å²) in [5.41, 5.74) is 1.54. The average molecular weight is 387 g/mol. The van der Waals surface area contributed by atoms with E-state index in [-0.39, 0.29) is 11.7 Å². The van der Waals surface area contributed by atoms with Crippen molar-refractivity contribution in [2.45, 2.75) is 19.4 Å². The minimum atomic E-state index is -0.658. The van der Waals surface area contributed by atoms with Gasteiger partial charge < -0.3 is 25.0 Å². The van der Waals surface area contributed by atoms with Crippen molar-refractivity contribution >= 4 is 23.3 Å². The summed E-state index contributed by atoms with van der Waals surface area (Å²) >= 11 is 0. The van der Waals surface area contributed by atoms with E-state index in [9.17, 15) is 14.0 Å². The molecule has 0 aromatic heterocycles. The van der Waals surface area contributed by atoms with E-state index in [0.29, 0.717) is 41.4 Å². The molecule has 3 rings (SSSR count). The van der Waals surface area contributed by atoms with E-state index in [1.54, 1.807) is 42.2 Å². The fourth-order valence-corrected chi connectivity index (χ4v) is 3.09. The summed E-state index contributed by atoms with van der Waals surface area (Å²) in [6.07, 6.45) is 0.461. The molecule has 7 nitrogen and oxygen atoms in total. The van der Waals surface area contributed by atoms with Gasteiger partial charge in [0.25, 0.3) is 0 Å². The van der Waals surface area contributed by atoms with E-state index >= 15 is 0 Å². The van der Waals surface area contributed by atoms with Gasteiger partial charge in [-0.2, -0.15) is 0 Å². The highest BCUT2D eigenvalue weighted by Crippen LogP contribution is 2.29. The average Bonchev–Trinajstić information content (AvgIpc) is 3.04. The monoisotopic (exact) mass is 387 g/mol. The number of aryl methyl sites for hydroxylation is 1. The first kappa shape index (κ1) is 19.5. The first-order chi connectivity index (χ1) is 13.4. The van der Waals surface area contributed by atoms with Gasteiger partial charge >= 0.3 is 6.03 Å². The van der Waals surface area contributed by atoms with Crippen LogP contribution < -0.4 is 25.0 Å². The topological polar surface area (TPSA) is 79.9 Å². The lowest BCUT2D eigenvalue weighted by atomic mass is 10.2. The number of halogens is 1. The maximum absolute atomic E-state index is 13.5. The predicted molar refractivity (Wildman–Crippen MR) is 104 cm³/mol. The zero-order chi connectivity index (χ0) is 20.3. The molecular formula is C20H22FN3O4. The number of carbonyl (C=O) groups is 2. The van der Waals surface area contributed by atoms with Crippen LogP contribution in [0.3, 0.4) is 0 Å². The highest BCUT2D eigenvalue weighted by atomic mass is 19.1. The summed E-state index contributed by atoms with van der Waals surface area (Å²) in [7, 11) is 3.02. The van der Waals surface area contributed by atoms with Crippen LogP contribution >= 0.6 is 0 Å². The molecular weight excluding hydrogens is 365 g/mol. The Hall–Kier alpha value is -3.29. The fraction of sp³-hybridized carbons (Fsp3) is 0.300. The van der Waals surface area contributed by atoms with Gasteiger partial charge in [0.2, 0.25) is 5.91 Å². The van der Waals surface area contributed by atoms with Gasteiger partial charge in [-0.25, -0.2) is 9.18 Å². The second kappa shape index (κ2) is 8.16. The Kier molecular flexibility index (Phi) is 5.67. The number of hydrogen-bond acceptors (Lipinski definition) is 4. The van der Waals surface area contributed by atoms with Crippen molar-refractivity contribution in [3.05, 3.63) is 47.8 Å². The largest absolute Gasteiger partial charge is 0.497 e. The Morgan fingerprint density at radius 3 is 2.64 bits per heavy atom. The number of hydrogen-bond donors (Lipinski definition) is 2. The van der Waals surface area contributed by atoms with E-state index in [1.165, 1.54) is 20.3 Å². The Balaban J connectivity index is 1.65. The lowest BCUT2D eigenvalue weighted by molar-refractivity contribution is -0.118. The molecule has 1 unspecified atom stereocenters. The second-order valence-electron chi connectivity index (χ2n) is 6.43. The van der Waals surface area contributed by atoms with Crippen LogP contribution in [0.2, 0.25) is 0 Å². The number of benzene rings is 2. The number of carbonyl (C=O) groups excluding carboxylic acids is 2. The molecule has 8 heteroatoms. The highest BCUT2D eigenvalue weighted by Gasteiger charge is 2.33. The van der Waals surface area contributed by atoms with Crippen LogP contribution in [0.1, 0.15) is 12.0 Å². The van der Waals surface area contributed by atoms with Crippen LogP contribution in [-0.2, 0) is 4.79 Å². The zero-order valence-electron chi connectivity index (χ0n) is 15.9. The number of ether oxygens (including phenoxy) is 2. The van der Waals surface area contributed by atoms with E-state index in [4.69, 9.17) is 9.47 Å². The number of anilines is 2. The number of amides is 3. The summed E-state index contributed by atoms with van der Waals surface area (Å²) in [6, 6.07) is 8.34. The maximum atomic E-state index is 13.5. The van der Waals surface area contributed by atoms with Crippen LogP contribution in [0.5, 0.6) is 11.5 Å². The third kappa shape index (κ3) is 4.00. The minimum absolute atomic E-state index is 0.233. The van der Waals surface area contributed by atoms with Gasteiger partial charge in [0, 0.05) is 18.3 Å². The lowest BCUT2D eigenvalue weighted by Gasteiger charge is -2.18. The van der Waals surface area contributed by atoms with Crippen molar-refractivity contribution in [1.29, 1.82) is 0 Å². The first-order valence-corrected chi connectivity index (χ1v) is 8.80. The molecule has 3 amide bonds. The number of methoxy groups -OCH3 is 2. The Labute approximate surface area is 162 Å². The molecule has 1 fully saturated rings. The standard InChI is InChI=1S/C20H22FN3O4/c1-12-10-13(4-6-15(12)21)24-9-8-17(19(24)25)23-20(26)22-16-7-5-14(27-2)11-18(16)28-3/h4-7,10-11,17H,8-9H2,1-3H3,(H2,22,23,26). The summed E-state index contributed by atoms with van der Waals surface area (Å²) < 4.78 is 23.8. The molecule has 0 bridgehead atoms. The van der Waals surface area contributed by atoms with Crippen LogP contribution in [0.15, 0.2) is 36.4 Å². The Morgan fingerprint density at radius 2 is 1.96 bits per heavy atom. The predicted octanol–water partition coefficient (Wildman–Crippen LogP) is 3.08. The summed E-state index contributed by atoms with van der Waals surface area (Å²) in [5, 5.41) is 5.36. The van der Waals surface area contributed by atoms with Gasteiger partial charge in [-0.3, -0.25) is 4.79 Å². The Bertz CT molecular complexity index is 903. The summed E-state index contributed by atoms with van der Waals surface area (Å²) in [5.74, 6) is 0.482. The van der Waals surface area contributed by atoms with Gasteiger partial charge in [0.05, 0.1) is 19.9 Å². The third-order valence-electron chi connectivity index (χ3n) is 4.62. The molecule has 0 aliphatic carbocycles. The molecule has 1 aliphatic rings. The Morgan fingerprint density at radius 1 is 1.18 bits per heavy atom. The SMILES string of the molecule is COc1ccc(NC(=O)NC2CCN(c3ccc(F)c(C)c3)C2=O)c(OC)c1. The number of nitrogens with zero attached hydrogens (tertiary/aromatic N) is 1. The van der Waals surface area contributed by atoms with E-state index in [2.05, 4.69) is 10.6 Å². The third-order valence-corrected chi connectivity index (χ3v) is 4.62. The molecule has 0 radical (unpaired) electrons. The van der Waals surface area contributed by atoms with Gasteiger partial charge in [0.15, 0.2) is 0 Å². The molecule has 2 aromatic rings. The molecule has 0 saturated carbocycles. The molecule has 2 aromatic carbocycles. The number of urea groups is 1. The molecule has 0 spiro atoms. The fourth-order valence-electron chi connectivity index (χ4n) is 3.09. The van der Waals surface area contributed by atoms with Gasteiger partial charge in [0.1, 0.15) is 23.4 Å². The van der Waals surface area contributed by atoms with Crippen molar-refractivity contribution in [2.24, 2.45) is 0 Å². The summed E-state index contributed by atoms with van der Waals surface area (Å²) in [4.78, 5) is 26.5. The van der Waals surface area contributed by atoms with Crippen LogP contribution in [0.25, 0.3) is 0 Å². The van der Waals surface area contributed by atoms with Crippen molar-refractivity contribution in [1.82, 2.24) is 5.32 Å². The van der Waals surface area contributed by atoms with Crippen molar-refractivity contribution in [3.63, 3.8) is 0 Å². The highest BCUT2D eigenvalue weighted by molar-refractivity contribution is 6.02. The molecule has 28 heavy (non-hydrogen) atoms. The lowest BCUT2D eigenvalue weighted by Crippen LogP contribution is -2.43. The number of rotatable bonds is 5. The van der Waals surface area contributed by atoms with Crippen LogP contribution in [-0.4, -0.2) is 38.7 Å². The molecule has 1 atom stereocenters. The smallest absolute Gasteiger partial charge is 0.319 e. The van der Waals surface area contributed by atoms with Gasteiger partial charge in [-0.15, -0.1) is 0 Å². The normalized spacial score (nSPS) is 16.1.